The van der Waals surface area contributed by atoms with E-state index < -0.39 is 0 Å². The fourth-order valence-electron chi connectivity index (χ4n) is 1.99. The van der Waals surface area contributed by atoms with Crippen LogP contribution in [0.3, 0.4) is 0 Å². The predicted molar refractivity (Wildman–Crippen MR) is 84.0 cm³/mol. The first-order chi connectivity index (χ1) is 10.0. The van der Waals surface area contributed by atoms with E-state index in [1.807, 2.05) is 25.1 Å². The van der Waals surface area contributed by atoms with Crippen LogP contribution >= 0.6 is 0 Å². The Morgan fingerprint density at radius 3 is 2.57 bits per heavy atom. The van der Waals surface area contributed by atoms with Gasteiger partial charge in [-0.3, -0.25) is 4.79 Å². The number of hydrogen-bond donors (Lipinski definition) is 1. The number of likely N-dealkylation sites (N-methyl/N-ethyl adjacent to an activating group) is 1. The summed E-state index contributed by atoms with van der Waals surface area (Å²) in [5, 5.41) is 0. The van der Waals surface area contributed by atoms with Crippen molar-refractivity contribution >= 4 is 11.6 Å². The molecule has 0 saturated heterocycles. The van der Waals surface area contributed by atoms with E-state index in [-0.39, 0.29) is 12.5 Å². The maximum atomic E-state index is 12.0. The summed E-state index contributed by atoms with van der Waals surface area (Å²) in [4.78, 5) is 13.7. The highest BCUT2D eigenvalue weighted by atomic mass is 16.5. The smallest absolute Gasteiger partial charge is 0.260 e. The van der Waals surface area contributed by atoms with Gasteiger partial charge in [0.1, 0.15) is 5.75 Å². The van der Waals surface area contributed by atoms with Crippen molar-refractivity contribution in [1.82, 2.24) is 4.90 Å². The van der Waals surface area contributed by atoms with Gasteiger partial charge < -0.3 is 15.4 Å². The second kappa shape index (κ2) is 6.79. The van der Waals surface area contributed by atoms with Crippen molar-refractivity contribution in [3.63, 3.8) is 0 Å². The quantitative estimate of drug-likeness (QED) is 0.859. The maximum absolute atomic E-state index is 12.0. The third-order valence-electron chi connectivity index (χ3n) is 3.17. The van der Waals surface area contributed by atoms with Crippen molar-refractivity contribution in [3.8, 4) is 5.75 Å². The first-order valence-electron chi connectivity index (χ1n) is 6.82. The van der Waals surface area contributed by atoms with Crippen molar-refractivity contribution in [2.24, 2.45) is 0 Å². The Labute approximate surface area is 125 Å². The lowest BCUT2D eigenvalue weighted by Gasteiger charge is -2.18. The molecule has 110 valence electrons. The van der Waals surface area contributed by atoms with E-state index in [1.165, 1.54) is 5.56 Å². The van der Waals surface area contributed by atoms with Gasteiger partial charge in [-0.2, -0.15) is 0 Å². The third kappa shape index (κ3) is 4.53. The highest BCUT2D eigenvalue weighted by molar-refractivity contribution is 5.77. The Hall–Kier alpha value is -2.49. The normalized spacial score (nSPS) is 10.2. The van der Waals surface area contributed by atoms with Crippen LogP contribution in [0.4, 0.5) is 5.69 Å². The summed E-state index contributed by atoms with van der Waals surface area (Å²) in [6, 6.07) is 15.1. The zero-order chi connectivity index (χ0) is 15.2. The van der Waals surface area contributed by atoms with Crippen molar-refractivity contribution in [3.05, 3.63) is 59.7 Å². The average Bonchev–Trinajstić information content (AvgIpc) is 2.46. The zero-order valence-electron chi connectivity index (χ0n) is 12.4. The van der Waals surface area contributed by atoms with Crippen molar-refractivity contribution in [1.29, 1.82) is 0 Å². The second-order valence-corrected chi connectivity index (χ2v) is 5.10. The highest BCUT2D eigenvalue weighted by Crippen LogP contribution is 2.13. The molecule has 0 fully saturated rings. The van der Waals surface area contributed by atoms with Gasteiger partial charge in [-0.05, 0) is 36.8 Å². The largest absolute Gasteiger partial charge is 0.484 e. The molecule has 0 aromatic heterocycles. The van der Waals surface area contributed by atoms with Crippen LogP contribution in [0.15, 0.2) is 48.5 Å². The molecule has 0 bridgehead atoms. The molecule has 0 aliphatic carbocycles. The molecule has 2 aromatic rings. The molecule has 0 heterocycles. The van der Waals surface area contributed by atoms with Crippen LogP contribution in [0, 0.1) is 6.92 Å². The van der Waals surface area contributed by atoms with E-state index in [1.54, 1.807) is 36.2 Å². The lowest BCUT2D eigenvalue weighted by molar-refractivity contribution is -0.132. The van der Waals surface area contributed by atoms with Crippen LogP contribution in [-0.2, 0) is 11.3 Å². The molecule has 2 rings (SSSR count). The van der Waals surface area contributed by atoms with Crippen LogP contribution in [-0.4, -0.2) is 24.5 Å². The molecule has 0 aliphatic heterocycles. The number of amides is 1. The Bertz CT molecular complexity index is 608. The number of hydrogen-bond acceptors (Lipinski definition) is 3. The van der Waals surface area contributed by atoms with Gasteiger partial charge >= 0.3 is 0 Å². The van der Waals surface area contributed by atoms with Crippen molar-refractivity contribution in [2.75, 3.05) is 19.4 Å². The average molecular weight is 284 g/mol. The molecule has 0 spiro atoms. The Morgan fingerprint density at radius 1 is 1.19 bits per heavy atom. The summed E-state index contributed by atoms with van der Waals surface area (Å²) in [6.07, 6.45) is 0. The highest BCUT2D eigenvalue weighted by Gasteiger charge is 2.10. The van der Waals surface area contributed by atoms with Crippen LogP contribution in [0.5, 0.6) is 5.75 Å². The molecule has 0 aliphatic rings. The molecule has 0 unspecified atom stereocenters. The minimum absolute atomic E-state index is 0.0201. The number of nitrogens with two attached hydrogens (primary N) is 1. The molecule has 1 amide bonds. The van der Waals surface area contributed by atoms with Crippen LogP contribution in [0.2, 0.25) is 0 Å². The lowest BCUT2D eigenvalue weighted by atomic mass is 10.1. The first kappa shape index (κ1) is 14.9. The molecule has 2 aromatic carbocycles. The summed E-state index contributed by atoms with van der Waals surface area (Å²) in [5.74, 6) is 0.579. The number of nitrogen functional groups attached to an aromatic ring is 1. The van der Waals surface area contributed by atoms with Gasteiger partial charge in [0.05, 0.1) is 0 Å². The number of carbonyl (C=O) groups excluding carboxylic acids is 1. The maximum Gasteiger partial charge on any atom is 0.260 e. The Kier molecular flexibility index (Phi) is 4.82. The topological polar surface area (TPSA) is 55.6 Å². The van der Waals surface area contributed by atoms with E-state index >= 15 is 0 Å². The summed E-state index contributed by atoms with van der Waals surface area (Å²) in [6.45, 7) is 2.63. The van der Waals surface area contributed by atoms with Gasteiger partial charge in [0.15, 0.2) is 6.61 Å². The summed E-state index contributed by atoms with van der Waals surface area (Å²) < 4.78 is 5.46. The summed E-state index contributed by atoms with van der Waals surface area (Å²) >= 11 is 0. The number of nitrogens with zero attached hydrogens (tertiary/aromatic N) is 1. The zero-order valence-corrected chi connectivity index (χ0v) is 12.4. The number of benzene rings is 2. The molecule has 4 nitrogen and oxygen atoms in total. The van der Waals surface area contributed by atoms with E-state index in [0.717, 1.165) is 5.56 Å². The summed E-state index contributed by atoms with van der Waals surface area (Å²) in [5.41, 5.74) is 8.57. The van der Waals surface area contributed by atoms with Gasteiger partial charge in [-0.25, -0.2) is 0 Å². The van der Waals surface area contributed by atoms with Gasteiger partial charge in [0, 0.05) is 19.3 Å². The van der Waals surface area contributed by atoms with Crippen LogP contribution in [0.25, 0.3) is 0 Å². The van der Waals surface area contributed by atoms with E-state index in [4.69, 9.17) is 10.5 Å². The fourth-order valence-corrected chi connectivity index (χ4v) is 1.99. The predicted octanol–water partition coefficient (Wildman–Crippen LogP) is 2.61. The van der Waals surface area contributed by atoms with Gasteiger partial charge in [0.2, 0.25) is 0 Å². The van der Waals surface area contributed by atoms with Crippen molar-refractivity contribution in [2.45, 2.75) is 13.5 Å². The SMILES string of the molecule is Cc1cccc(CN(C)C(=O)COc2ccc(N)cc2)c1. The standard InChI is InChI=1S/C17H20N2O2/c1-13-4-3-5-14(10-13)11-19(2)17(20)12-21-16-8-6-15(18)7-9-16/h3-10H,11-12,18H2,1-2H3. The van der Waals surface area contributed by atoms with Crippen LogP contribution < -0.4 is 10.5 Å². The monoisotopic (exact) mass is 284 g/mol. The lowest BCUT2D eigenvalue weighted by Crippen LogP contribution is -2.30. The second-order valence-electron chi connectivity index (χ2n) is 5.10. The van der Waals surface area contributed by atoms with Gasteiger partial charge in [-0.15, -0.1) is 0 Å². The molecule has 0 atom stereocenters. The molecule has 0 radical (unpaired) electrons. The number of rotatable bonds is 5. The first-order valence-corrected chi connectivity index (χ1v) is 6.82. The molecule has 2 N–H and O–H groups in total. The Balaban J connectivity index is 1.86. The molecule has 0 saturated carbocycles. The molecular weight excluding hydrogens is 264 g/mol. The minimum atomic E-state index is -0.0617. The van der Waals surface area contributed by atoms with Crippen molar-refractivity contribution < 1.29 is 9.53 Å². The number of anilines is 1. The van der Waals surface area contributed by atoms with E-state index in [0.29, 0.717) is 18.0 Å². The van der Waals surface area contributed by atoms with E-state index in [2.05, 4.69) is 6.07 Å². The van der Waals surface area contributed by atoms with E-state index in [9.17, 15) is 4.79 Å². The van der Waals surface area contributed by atoms with Gasteiger partial charge in [-0.1, -0.05) is 29.8 Å². The third-order valence-corrected chi connectivity index (χ3v) is 3.17. The fraction of sp³-hybridized carbons (Fsp3) is 0.235. The molecule has 21 heavy (non-hydrogen) atoms. The van der Waals surface area contributed by atoms with Crippen LogP contribution in [0.1, 0.15) is 11.1 Å². The number of carbonyl (C=O) groups is 1. The summed E-state index contributed by atoms with van der Waals surface area (Å²) in [7, 11) is 1.77. The molecular formula is C17H20N2O2. The molecule has 4 heteroatoms. The Morgan fingerprint density at radius 2 is 1.90 bits per heavy atom. The van der Waals surface area contributed by atoms with Gasteiger partial charge in [0.25, 0.3) is 5.91 Å². The number of aryl methyl sites for hydroxylation is 1. The number of ether oxygens (including phenoxy) is 1. The minimum Gasteiger partial charge on any atom is -0.484 e.